The van der Waals surface area contributed by atoms with Gasteiger partial charge in [0.05, 0.1) is 24.3 Å². The number of hydrogen-bond acceptors (Lipinski definition) is 3. The maximum Gasteiger partial charge on any atom is 0.118 e. The Kier molecular flexibility index (Phi) is 1.87. The maximum atomic E-state index is 8.91. The first-order chi connectivity index (χ1) is 5.42. The van der Waals surface area contributed by atoms with Crippen molar-refractivity contribution < 1.29 is 5.11 Å². The van der Waals surface area contributed by atoms with Gasteiger partial charge >= 0.3 is 0 Å². The number of aliphatic hydroxyl groups excluding tert-OH is 1. The molecule has 0 fully saturated rings. The molecule has 1 aromatic rings. The smallest absolute Gasteiger partial charge is 0.118 e. The second-order valence-corrected chi connectivity index (χ2v) is 3.63. The molecule has 0 atom stereocenters. The summed E-state index contributed by atoms with van der Waals surface area (Å²) in [6, 6.07) is 0. The molecule has 1 aliphatic heterocycles. The standard InChI is InChI=1S/C7H10N2OS/c10-4-6-3-8-7-5-11-2-1-9(6)7/h3,10H,1-2,4-5H2. The number of aliphatic hydroxyl groups is 1. The normalized spacial score (nSPS) is 16.5. The summed E-state index contributed by atoms with van der Waals surface area (Å²) in [6.07, 6.45) is 1.77. The van der Waals surface area contributed by atoms with E-state index in [1.807, 2.05) is 11.8 Å². The highest BCUT2D eigenvalue weighted by atomic mass is 32.2. The Bertz CT molecular complexity index is 245. The molecule has 0 bridgehead atoms. The summed E-state index contributed by atoms with van der Waals surface area (Å²) in [6.45, 7) is 1.10. The highest BCUT2D eigenvalue weighted by molar-refractivity contribution is 7.98. The van der Waals surface area contributed by atoms with E-state index in [1.54, 1.807) is 6.20 Å². The van der Waals surface area contributed by atoms with Gasteiger partial charge in [0.15, 0.2) is 0 Å². The second-order valence-electron chi connectivity index (χ2n) is 2.53. The molecule has 3 nitrogen and oxygen atoms in total. The number of fused-ring (bicyclic) bond motifs is 1. The summed E-state index contributed by atoms with van der Waals surface area (Å²) < 4.78 is 2.11. The predicted molar refractivity (Wildman–Crippen MR) is 44.3 cm³/mol. The Hall–Kier alpha value is -0.480. The summed E-state index contributed by atoms with van der Waals surface area (Å²) in [5.41, 5.74) is 0.945. The van der Waals surface area contributed by atoms with Crippen LogP contribution < -0.4 is 0 Å². The van der Waals surface area contributed by atoms with Gasteiger partial charge in [-0.2, -0.15) is 11.8 Å². The van der Waals surface area contributed by atoms with Crippen molar-refractivity contribution in [2.45, 2.75) is 18.9 Å². The van der Waals surface area contributed by atoms with Crippen molar-refractivity contribution in [3.8, 4) is 0 Å². The van der Waals surface area contributed by atoms with Crippen LogP contribution in [0.5, 0.6) is 0 Å². The molecule has 0 spiro atoms. The number of nitrogens with zero attached hydrogens (tertiary/aromatic N) is 2. The van der Waals surface area contributed by atoms with Gasteiger partial charge < -0.3 is 9.67 Å². The molecule has 0 radical (unpaired) electrons. The molecule has 0 saturated carbocycles. The molecule has 0 amide bonds. The van der Waals surface area contributed by atoms with Crippen LogP contribution in [0, 0.1) is 0 Å². The van der Waals surface area contributed by atoms with Crippen molar-refractivity contribution in [2.24, 2.45) is 0 Å². The van der Waals surface area contributed by atoms with E-state index < -0.39 is 0 Å². The van der Waals surface area contributed by atoms with Crippen LogP contribution in [0.1, 0.15) is 11.5 Å². The zero-order valence-corrected chi connectivity index (χ0v) is 6.97. The molecule has 1 aliphatic rings. The van der Waals surface area contributed by atoms with Gasteiger partial charge in [-0.25, -0.2) is 4.98 Å². The molecule has 4 heteroatoms. The highest BCUT2D eigenvalue weighted by Gasteiger charge is 2.12. The lowest BCUT2D eigenvalue weighted by atomic mass is 10.5. The van der Waals surface area contributed by atoms with Gasteiger partial charge in [-0.15, -0.1) is 0 Å². The van der Waals surface area contributed by atoms with Gasteiger partial charge in [0, 0.05) is 12.3 Å². The average Bonchev–Trinajstić information content (AvgIpc) is 2.47. The molecule has 0 aliphatic carbocycles. The van der Waals surface area contributed by atoms with Gasteiger partial charge in [-0.05, 0) is 0 Å². The van der Waals surface area contributed by atoms with Crippen molar-refractivity contribution in [1.82, 2.24) is 9.55 Å². The summed E-state index contributed by atoms with van der Waals surface area (Å²) in [4.78, 5) is 4.21. The molecule has 2 rings (SSSR count). The van der Waals surface area contributed by atoms with E-state index in [0.29, 0.717) is 0 Å². The Balaban J connectivity index is 2.38. The second kappa shape index (κ2) is 2.87. The Morgan fingerprint density at radius 2 is 2.64 bits per heavy atom. The summed E-state index contributed by atoms with van der Waals surface area (Å²) >= 11 is 1.90. The van der Waals surface area contributed by atoms with Crippen LogP contribution in [-0.4, -0.2) is 20.4 Å². The van der Waals surface area contributed by atoms with Crippen LogP contribution in [0.4, 0.5) is 0 Å². The third kappa shape index (κ3) is 1.16. The number of imidazole rings is 1. The predicted octanol–water partition coefficient (Wildman–Crippen LogP) is 0.622. The fourth-order valence-corrected chi connectivity index (χ4v) is 2.16. The third-order valence-electron chi connectivity index (χ3n) is 1.87. The van der Waals surface area contributed by atoms with E-state index in [9.17, 15) is 0 Å². The topological polar surface area (TPSA) is 38.1 Å². The Morgan fingerprint density at radius 1 is 1.73 bits per heavy atom. The van der Waals surface area contributed by atoms with E-state index in [0.717, 1.165) is 29.6 Å². The van der Waals surface area contributed by atoms with E-state index >= 15 is 0 Å². The molecular weight excluding hydrogens is 160 g/mol. The Morgan fingerprint density at radius 3 is 3.45 bits per heavy atom. The van der Waals surface area contributed by atoms with Crippen LogP contribution in [-0.2, 0) is 18.9 Å². The van der Waals surface area contributed by atoms with Crippen LogP contribution >= 0.6 is 11.8 Å². The fraction of sp³-hybridized carbons (Fsp3) is 0.571. The number of rotatable bonds is 1. The van der Waals surface area contributed by atoms with Crippen molar-refractivity contribution in [1.29, 1.82) is 0 Å². The first kappa shape index (κ1) is 7.18. The number of aromatic nitrogens is 2. The summed E-state index contributed by atoms with van der Waals surface area (Å²) in [5.74, 6) is 3.22. The van der Waals surface area contributed by atoms with Gasteiger partial charge in [0.25, 0.3) is 0 Å². The van der Waals surface area contributed by atoms with Crippen LogP contribution in [0.15, 0.2) is 6.20 Å². The maximum absolute atomic E-state index is 8.91. The van der Waals surface area contributed by atoms with Crippen LogP contribution in [0.3, 0.4) is 0 Å². The molecule has 0 saturated heterocycles. The Labute approximate surface area is 69.4 Å². The van der Waals surface area contributed by atoms with Crippen molar-refractivity contribution in [2.75, 3.05) is 5.75 Å². The van der Waals surface area contributed by atoms with E-state index in [4.69, 9.17) is 5.11 Å². The minimum absolute atomic E-state index is 0.109. The first-order valence-corrected chi connectivity index (χ1v) is 4.79. The number of thioether (sulfide) groups is 1. The number of hydrogen-bond donors (Lipinski definition) is 1. The molecular formula is C7H10N2OS. The molecule has 60 valence electrons. The molecule has 2 heterocycles. The van der Waals surface area contributed by atoms with E-state index in [2.05, 4.69) is 9.55 Å². The zero-order valence-electron chi connectivity index (χ0n) is 6.16. The first-order valence-electron chi connectivity index (χ1n) is 3.63. The molecule has 0 unspecified atom stereocenters. The van der Waals surface area contributed by atoms with Gasteiger partial charge in [0.2, 0.25) is 0 Å². The van der Waals surface area contributed by atoms with Crippen molar-refractivity contribution in [3.63, 3.8) is 0 Å². The minimum Gasteiger partial charge on any atom is -0.390 e. The van der Waals surface area contributed by atoms with E-state index in [-0.39, 0.29) is 6.61 Å². The highest BCUT2D eigenvalue weighted by Crippen LogP contribution is 2.19. The fourth-order valence-electron chi connectivity index (χ4n) is 1.29. The third-order valence-corrected chi connectivity index (χ3v) is 2.81. The van der Waals surface area contributed by atoms with Crippen molar-refractivity contribution in [3.05, 3.63) is 17.7 Å². The van der Waals surface area contributed by atoms with E-state index in [1.165, 1.54) is 0 Å². The van der Waals surface area contributed by atoms with Crippen LogP contribution in [0.2, 0.25) is 0 Å². The van der Waals surface area contributed by atoms with Gasteiger partial charge in [-0.1, -0.05) is 0 Å². The summed E-state index contributed by atoms with van der Waals surface area (Å²) in [5, 5.41) is 8.91. The summed E-state index contributed by atoms with van der Waals surface area (Å²) in [7, 11) is 0. The lowest BCUT2D eigenvalue weighted by molar-refractivity contribution is 0.270. The van der Waals surface area contributed by atoms with Gasteiger partial charge in [0.1, 0.15) is 5.82 Å². The van der Waals surface area contributed by atoms with Gasteiger partial charge in [-0.3, -0.25) is 0 Å². The minimum atomic E-state index is 0.109. The average molecular weight is 170 g/mol. The molecule has 1 aromatic heterocycles. The zero-order chi connectivity index (χ0) is 7.68. The lowest BCUT2D eigenvalue weighted by Gasteiger charge is -2.14. The largest absolute Gasteiger partial charge is 0.390 e. The molecule has 0 aromatic carbocycles. The quantitative estimate of drug-likeness (QED) is 0.671. The lowest BCUT2D eigenvalue weighted by Crippen LogP contribution is -2.13. The SMILES string of the molecule is OCc1cnc2n1CCSC2. The van der Waals surface area contributed by atoms with Crippen molar-refractivity contribution >= 4 is 11.8 Å². The monoisotopic (exact) mass is 170 g/mol. The molecule has 1 N–H and O–H groups in total. The van der Waals surface area contributed by atoms with Crippen LogP contribution in [0.25, 0.3) is 0 Å². The molecule has 11 heavy (non-hydrogen) atoms.